The molecule has 2 aromatic carbocycles. The molecular weight excluding hydrogens is 512 g/mol. The predicted molar refractivity (Wildman–Crippen MR) is 139 cm³/mol. The van der Waals surface area contributed by atoms with Crippen LogP contribution in [0.5, 0.6) is 5.75 Å². The number of pyridine rings is 1. The first-order valence-electron chi connectivity index (χ1n) is 12.5. The number of likely N-dealkylation sites (tertiary alicyclic amines) is 1. The first kappa shape index (κ1) is 26.4. The lowest BCUT2D eigenvalue weighted by atomic mass is 9.94. The second-order valence-corrected chi connectivity index (χ2v) is 10.5. The van der Waals surface area contributed by atoms with E-state index in [2.05, 4.69) is 4.98 Å². The molecule has 3 heterocycles. The maximum absolute atomic E-state index is 13.8. The Morgan fingerprint density at radius 2 is 1.87 bits per heavy atom. The van der Waals surface area contributed by atoms with Gasteiger partial charge in [0.2, 0.25) is 0 Å². The largest absolute Gasteiger partial charge is 0.505 e. The van der Waals surface area contributed by atoms with Crippen LogP contribution in [0.3, 0.4) is 0 Å². The minimum atomic E-state index is -1.13. The van der Waals surface area contributed by atoms with Crippen LogP contribution in [0, 0.1) is 5.82 Å². The van der Waals surface area contributed by atoms with Gasteiger partial charge in [-0.25, -0.2) is 4.39 Å². The van der Waals surface area contributed by atoms with Crippen molar-refractivity contribution in [3.63, 3.8) is 0 Å². The maximum Gasteiger partial charge on any atom is 0.258 e. The number of ether oxygens (including phenoxy) is 1. The fourth-order valence-electron chi connectivity index (χ4n) is 4.77. The normalized spacial score (nSPS) is 15.4. The van der Waals surface area contributed by atoms with Gasteiger partial charge in [0.25, 0.3) is 11.8 Å². The second kappa shape index (κ2) is 11.3. The van der Waals surface area contributed by atoms with Crippen molar-refractivity contribution in [1.82, 2.24) is 14.8 Å². The maximum atomic E-state index is 13.8. The van der Waals surface area contributed by atoms with Crippen LogP contribution in [0.4, 0.5) is 4.39 Å². The van der Waals surface area contributed by atoms with Gasteiger partial charge in [0.1, 0.15) is 17.7 Å². The number of aromatic nitrogens is 1. The number of aromatic hydroxyl groups is 1. The number of carbonyl (C=O) groups is 2. The van der Waals surface area contributed by atoms with E-state index < -0.39 is 14.3 Å². The minimum absolute atomic E-state index is 0.0917. The zero-order valence-electron chi connectivity index (χ0n) is 21.2. The first-order valence-corrected chi connectivity index (χ1v) is 13.9. The van der Waals surface area contributed by atoms with E-state index in [9.17, 15) is 19.1 Å². The third-order valence-electron chi connectivity index (χ3n) is 6.59. The molecule has 0 aliphatic carbocycles. The summed E-state index contributed by atoms with van der Waals surface area (Å²) in [5.74, 6) is -1.23. The standard InChI is InChI=1S/C27H29FN3O6P/c1-3-36-38(37-4-2)16-35-19-13-31(14-19)26(33)22-20-6-5-11-29-24(20)25(32)23-21(22)15-30(27(23)34)12-17-7-9-18(28)10-8-17/h5-11,19,32H,3-4,12-16H2,1-2H3. The molecule has 38 heavy (non-hydrogen) atoms. The van der Waals surface area contributed by atoms with Crippen molar-refractivity contribution in [2.45, 2.75) is 33.0 Å². The molecule has 0 spiro atoms. The monoisotopic (exact) mass is 541 g/mol. The van der Waals surface area contributed by atoms with Crippen LogP contribution in [-0.4, -0.2) is 70.5 Å². The van der Waals surface area contributed by atoms with Crippen molar-refractivity contribution in [2.75, 3.05) is 32.7 Å². The van der Waals surface area contributed by atoms with E-state index in [1.54, 1.807) is 34.1 Å². The smallest absolute Gasteiger partial charge is 0.258 e. The average molecular weight is 542 g/mol. The third kappa shape index (κ3) is 5.09. The molecular formula is C27H29FN3O6P. The number of hydrogen-bond acceptors (Lipinski definition) is 7. The molecule has 2 amide bonds. The van der Waals surface area contributed by atoms with Crippen LogP contribution in [0.25, 0.3) is 10.9 Å². The highest BCUT2D eigenvalue weighted by atomic mass is 31.2. The molecule has 3 aromatic rings. The molecule has 0 unspecified atom stereocenters. The topological polar surface area (TPSA) is 101 Å². The van der Waals surface area contributed by atoms with Gasteiger partial charge in [-0.3, -0.25) is 14.6 Å². The number of amides is 2. The number of hydrogen-bond donors (Lipinski definition) is 1. The van der Waals surface area contributed by atoms with Gasteiger partial charge in [0.05, 0.1) is 30.4 Å². The van der Waals surface area contributed by atoms with Crippen molar-refractivity contribution in [1.29, 1.82) is 0 Å². The summed E-state index contributed by atoms with van der Waals surface area (Å²) in [4.78, 5) is 34.6. The number of fused-ring (bicyclic) bond motifs is 2. The number of phenolic OH excluding ortho intramolecular Hbond substituents is 1. The summed E-state index contributed by atoms with van der Waals surface area (Å²) >= 11 is 0. The van der Waals surface area contributed by atoms with Gasteiger partial charge in [-0.05, 0) is 37.6 Å². The summed E-state index contributed by atoms with van der Waals surface area (Å²) in [6.07, 6.45) is 1.70. The van der Waals surface area contributed by atoms with Crippen molar-refractivity contribution in [3.8, 4) is 5.75 Å². The van der Waals surface area contributed by atoms with E-state index in [0.717, 1.165) is 5.56 Å². The molecule has 2 aliphatic heterocycles. The zero-order chi connectivity index (χ0) is 26.8. The molecule has 0 bridgehead atoms. The molecule has 9 nitrogen and oxygen atoms in total. The number of halogens is 1. The van der Waals surface area contributed by atoms with E-state index in [-0.39, 0.29) is 47.7 Å². The van der Waals surface area contributed by atoms with E-state index >= 15 is 0 Å². The SMILES string of the molecule is CCOP(COC1CN(C(=O)c2c3c(c(O)c4ncccc24)C(=O)N(Cc2ccc(F)cc2)C3)C1)OCC. The van der Waals surface area contributed by atoms with Gasteiger partial charge in [0, 0.05) is 43.3 Å². The summed E-state index contributed by atoms with van der Waals surface area (Å²) in [6.45, 7) is 6.02. The molecule has 0 atom stereocenters. The van der Waals surface area contributed by atoms with Crippen LogP contribution in [-0.2, 0) is 26.9 Å². The van der Waals surface area contributed by atoms with Crippen LogP contribution in [0.1, 0.15) is 45.7 Å². The van der Waals surface area contributed by atoms with Crippen LogP contribution < -0.4 is 0 Å². The molecule has 0 saturated carbocycles. The number of rotatable bonds is 10. The Hall–Kier alpha value is -3.17. The van der Waals surface area contributed by atoms with Crippen LogP contribution >= 0.6 is 8.38 Å². The molecule has 5 rings (SSSR count). The van der Waals surface area contributed by atoms with Crippen molar-refractivity contribution < 1.29 is 32.9 Å². The lowest BCUT2D eigenvalue weighted by Crippen LogP contribution is -2.55. The van der Waals surface area contributed by atoms with Gasteiger partial charge in [0.15, 0.2) is 14.1 Å². The van der Waals surface area contributed by atoms with E-state index in [4.69, 9.17) is 13.8 Å². The Morgan fingerprint density at radius 3 is 2.55 bits per heavy atom. The van der Waals surface area contributed by atoms with Crippen molar-refractivity contribution >= 4 is 31.1 Å². The third-order valence-corrected chi connectivity index (χ3v) is 8.04. The summed E-state index contributed by atoms with van der Waals surface area (Å²) in [6, 6.07) is 9.32. The minimum Gasteiger partial charge on any atom is -0.505 e. The summed E-state index contributed by atoms with van der Waals surface area (Å²) < 4.78 is 30.4. The Kier molecular flexibility index (Phi) is 7.85. The fraction of sp³-hybridized carbons (Fsp3) is 0.370. The fourth-order valence-corrected chi connectivity index (χ4v) is 5.90. The lowest BCUT2D eigenvalue weighted by Gasteiger charge is -2.39. The predicted octanol–water partition coefficient (Wildman–Crippen LogP) is 4.42. The summed E-state index contributed by atoms with van der Waals surface area (Å²) in [7, 11) is -1.13. The molecule has 1 N–H and O–H groups in total. The number of carbonyl (C=O) groups excluding carboxylic acids is 2. The molecule has 2 aliphatic rings. The Bertz CT molecular complexity index is 1340. The lowest BCUT2D eigenvalue weighted by molar-refractivity contribution is -0.0297. The molecule has 0 radical (unpaired) electrons. The highest BCUT2D eigenvalue weighted by Gasteiger charge is 2.40. The number of nitrogens with zero attached hydrogens (tertiary/aromatic N) is 3. The Balaban J connectivity index is 1.38. The second-order valence-electron chi connectivity index (χ2n) is 9.06. The summed E-state index contributed by atoms with van der Waals surface area (Å²) in [5, 5.41) is 11.5. The van der Waals surface area contributed by atoms with Crippen molar-refractivity contribution in [2.24, 2.45) is 0 Å². The van der Waals surface area contributed by atoms with Gasteiger partial charge in [-0.2, -0.15) is 0 Å². The quantitative estimate of drug-likeness (QED) is 0.379. The Morgan fingerprint density at radius 1 is 1.16 bits per heavy atom. The van der Waals surface area contributed by atoms with Gasteiger partial charge in [-0.15, -0.1) is 0 Å². The van der Waals surface area contributed by atoms with E-state index in [1.165, 1.54) is 18.3 Å². The highest BCUT2D eigenvalue weighted by molar-refractivity contribution is 7.47. The van der Waals surface area contributed by atoms with Crippen LogP contribution in [0.2, 0.25) is 0 Å². The first-order chi connectivity index (χ1) is 18.4. The van der Waals surface area contributed by atoms with Gasteiger partial charge >= 0.3 is 0 Å². The number of phenols is 1. The Labute approximate surface area is 221 Å². The van der Waals surface area contributed by atoms with Crippen LogP contribution in [0.15, 0.2) is 42.6 Å². The van der Waals surface area contributed by atoms with Gasteiger partial charge < -0.3 is 28.7 Å². The van der Waals surface area contributed by atoms with E-state index in [0.29, 0.717) is 49.2 Å². The molecule has 200 valence electrons. The molecule has 1 fully saturated rings. The average Bonchev–Trinajstić information content (AvgIpc) is 3.20. The van der Waals surface area contributed by atoms with E-state index in [1.807, 2.05) is 13.8 Å². The number of benzene rings is 2. The zero-order valence-corrected chi connectivity index (χ0v) is 22.1. The molecule has 1 saturated heterocycles. The molecule has 1 aromatic heterocycles. The molecule has 11 heteroatoms. The van der Waals surface area contributed by atoms with Crippen molar-refractivity contribution in [3.05, 3.63) is 70.7 Å². The summed E-state index contributed by atoms with van der Waals surface area (Å²) in [5.41, 5.74) is 1.87. The van der Waals surface area contributed by atoms with Gasteiger partial charge in [-0.1, -0.05) is 18.2 Å². The highest BCUT2D eigenvalue weighted by Crippen LogP contribution is 2.41.